The van der Waals surface area contributed by atoms with Crippen LogP contribution in [-0.2, 0) is 14.4 Å². The summed E-state index contributed by atoms with van der Waals surface area (Å²) in [6.45, 7) is 4.19. The van der Waals surface area contributed by atoms with Crippen LogP contribution in [0.25, 0.3) is 0 Å². The molecule has 0 aliphatic carbocycles. The highest BCUT2D eigenvalue weighted by Crippen LogP contribution is 2.41. The standard InChI is InChI=1S/C26H33N3O4/c1-5-6-17-29-24(31)16-15-22(25(29)21-9-7-8-10-23(21)33-4)26(32)27-19-11-13-20(14-12-19)28(3)18(2)30/h7-14,22,25H,5-6,15-17H2,1-4H3,(H,27,32). The number of carbonyl (C=O) groups is 3. The Labute approximate surface area is 195 Å². The van der Waals surface area contributed by atoms with E-state index in [4.69, 9.17) is 4.74 Å². The number of hydrogen-bond donors (Lipinski definition) is 1. The molecule has 3 amide bonds. The van der Waals surface area contributed by atoms with Crippen LogP contribution in [0, 0.1) is 5.92 Å². The molecular weight excluding hydrogens is 418 g/mol. The third-order valence-corrected chi connectivity index (χ3v) is 6.25. The van der Waals surface area contributed by atoms with Gasteiger partial charge < -0.3 is 19.9 Å². The summed E-state index contributed by atoms with van der Waals surface area (Å²) in [5.41, 5.74) is 2.25. The summed E-state index contributed by atoms with van der Waals surface area (Å²) in [7, 11) is 3.31. The van der Waals surface area contributed by atoms with Gasteiger partial charge in [-0.1, -0.05) is 31.5 Å². The predicted molar refractivity (Wildman–Crippen MR) is 129 cm³/mol. The Morgan fingerprint density at radius 1 is 1.15 bits per heavy atom. The molecule has 1 aliphatic rings. The maximum absolute atomic E-state index is 13.4. The third-order valence-electron chi connectivity index (χ3n) is 6.25. The lowest BCUT2D eigenvalue weighted by molar-refractivity contribution is -0.142. The number of benzene rings is 2. The fourth-order valence-electron chi connectivity index (χ4n) is 4.30. The first kappa shape index (κ1) is 24.3. The number of hydrogen-bond acceptors (Lipinski definition) is 4. The van der Waals surface area contributed by atoms with Crippen molar-refractivity contribution in [2.75, 3.05) is 30.9 Å². The van der Waals surface area contributed by atoms with E-state index in [1.807, 2.05) is 29.2 Å². The zero-order chi connectivity index (χ0) is 24.0. The van der Waals surface area contributed by atoms with E-state index < -0.39 is 12.0 Å². The molecule has 1 fully saturated rings. The molecule has 0 spiro atoms. The molecule has 1 heterocycles. The smallest absolute Gasteiger partial charge is 0.229 e. The molecule has 1 saturated heterocycles. The highest BCUT2D eigenvalue weighted by Gasteiger charge is 2.41. The Balaban J connectivity index is 1.89. The number of nitrogens with one attached hydrogen (secondary N) is 1. The van der Waals surface area contributed by atoms with Crippen LogP contribution in [0.5, 0.6) is 5.75 Å². The van der Waals surface area contributed by atoms with Crippen molar-refractivity contribution in [1.82, 2.24) is 4.90 Å². The molecule has 7 nitrogen and oxygen atoms in total. The Hall–Kier alpha value is -3.35. The fourth-order valence-corrected chi connectivity index (χ4v) is 4.30. The summed E-state index contributed by atoms with van der Waals surface area (Å²) < 4.78 is 5.59. The van der Waals surface area contributed by atoms with E-state index in [-0.39, 0.29) is 17.7 Å². The van der Waals surface area contributed by atoms with Gasteiger partial charge in [0.05, 0.1) is 19.1 Å². The lowest BCUT2D eigenvalue weighted by atomic mass is 9.83. The van der Waals surface area contributed by atoms with Crippen molar-refractivity contribution in [1.29, 1.82) is 0 Å². The van der Waals surface area contributed by atoms with E-state index in [0.29, 0.717) is 30.8 Å². The lowest BCUT2D eigenvalue weighted by Gasteiger charge is -2.41. The van der Waals surface area contributed by atoms with Crippen LogP contribution in [-0.4, -0.2) is 43.3 Å². The fraction of sp³-hybridized carbons (Fsp3) is 0.423. The molecule has 1 aliphatic heterocycles. The number of likely N-dealkylation sites (tertiary alicyclic amines) is 1. The van der Waals surface area contributed by atoms with Crippen LogP contribution in [0.2, 0.25) is 0 Å². The van der Waals surface area contributed by atoms with Gasteiger partial charge in [0.25, 0.3) is 0 Å². The van der Waals surface area contributed by atoms with Crippen molar-refractivity contribution in [3.8, 4) is 5.75 Å². The van der Waals surface area contributed by atoms with Crippen molar-refractivity contribution < 1.29 is 19.1 Å². The van der Waals surface area contributed by atoms with Crippen LogP contribution in [0.4, 0.5) is 11.4 Å². The minimum atomic E-state index is -0.407. The Kier molecular flexibility index (Phi) is 8.09. The number of methoxy groups -OCH3 is 1. The van der Waals surface area contributed by atoms with E-state index in [1.165, 1.54) is 6.92 Å². The average Bonchev–Trinajstić information content (AvgIpc) is 2.82. The molecule has 3 rings (SSSR count). The van der Waals surface area contributed by atoms with Gasteiger partial charge in [0.15, 0.2) is 0 Å². The van der Waals surface area contributed by atoms with E-state index in [0.717, 1.165) is 24.1 Å². The zero-order valence-electron chi connectivity index (χ0n) is 19.8. The van der Waals surface area contributed by atoms with Gasteiger partial charge in [0, 0.05) is 43.9 Å². The highest BCUT2D eigenvalue weighted by atomic mass is 16.5. The van der Waals surface area contributed by atoms with E-state index in [9.17, 15) is 14.4 Å². The molecule has 33 heavy (non-hydrogen) atoms. The van der Waals surface area contributed by atoms with Gasteiger partial charge in [-0.3, -0.25) is 14.4 Å². The van der Waals surface area contributed by atoms with Gasteiger partial charge in [-0.2, -0.15) is 0 Å². The second-order valence-electron chi connectivity index (χ2n) is 8.39. The molecule has 2 unspecified atom stereocenters. The highest BCUT2D eigenvalue weighted by molar-refractivity contribution is 5.95. The number of carbonyl (C=O) groups excluding carboxylic acids is 3. The molecule has 0 saturated carbocycles. The van der Waals surface area contributed by atoms with Crippen molar-refractivity contribution >= 4 is 29.1 Å². The maximum Gasteiger partial charge on any atom is 0.229 e. The average molecular weight is 452 g/mol. The van der Waals surface area contributed by atoms with Gasteiger partial charge in [0.1, 0.15) is 5.75 Å². The normalized spacial score (nSPS) is 18.1. The molecule has 0 aromatic heterocycles. The number of rotatable bonds is 8. The van der Waals surface area contributed by atoms with Gasteiger partial charge >= 0.3 is 0 Å². The molecule has 2 aromatic carbocycles. The number of ether oxygens (including phenoxy) is 1. The minimum absolute atomic E-state index is 0.0644. The molecule has 0 radical (unpaired) electrons. The lowest BCUT2D eigenvalue weighted by Crippen LogP contribution is -2.47. The van der Waals surface area contributed by atoms with Gasteiger partial charge in [-0.25, -0.2) is 0 Å². The van der Waals surface area contributed by atoms with Gasteiger partial charge in [-0.05, 0) is 43.2 Å². The summed E-state index contributed by atoms with van der Waals surface area (Å²) in [5.74, 6) is 0.140. The molecule has 7 heteroatoms. The monoisotopic (exact) mass is 451 g/mol. The Bertz CT molecular complexity index is 989. The summed E-state index contributed by atoms with van der Waals surface area (Å²) in [5, 5.41) is 3.01. The van der Waals surface area contributed by atoms with Crippen LogP contribution in [0.15, 0.2) is 48.5 Å². The Morgan fingerprint density at radius 3 is 2.48 bits per heavy atom. The van der Waals surface area contributed by atoms with Gasteiger partial charge in [-0.15, -0.1) is 0 Å². The molecule has 0 bridgehead atoms. The maximum atomic E-state index is 13.4. The Morgan fingerprint density at radius 2 is 1.85 bits per heavy atom. The number of amides is 3. The molecule has 1 N–H and O–H groups in total. The van der Waals surface area contributed by atoms with Crippen molar-refractivity contribution in [2.24, 2.45) is 5.92 Å². The summed E-state index contributed by atoms with van der Waals surface area (Å²) >= 11 is 0. The second-order valence-corrected chi connectivity index (χ2v) is 8.39. The summed E-state index contributed by atoms with van der Waals surface area (Å²) in [6.07, 6.45) is 2.65. The molecule has 2 atom stereocenters. The van der Waals surface area contributed by atoms with Crippen LogP contribution < -0.4 is 15.0 Å². The van der Waals surface area contributed by atoms with Crippen molar-refractivity contribution in [3.63, 3.8) is 0 Å². The van der Waals surface area contributed by atoms with Crippen molar-refractivity contribution in [3.05, 3.63) is 54.1 Å². The number of unbranched alkanes of at least 4 members (excludes halogenated alkanes) is 1. The first-order valence-electron chi connectivity index (χ1n) is 11.4. The zero-order valence-corrected chi connectivity index (χ0v) is 19.8. The van der Waals surface area contributed by atoms with Crippen LogP contribution >= 0.6 is 0 Å². The first-order valence-corrected chi connectivity index (χ1v) is 11.4. The number of para-hydroxylation sites is 1. The SMILES string of the molecule is CCCCN1C(=O)CCC(C(=O)Nc2ccc(N(C)C(C)=O)cc2)C1c1ccccc1OC. The largest absolute Gasteiger partial charge is 0.496 e. The van der Waals surface area contributed by atoms with Crippen LogP contribution in [0.1, 0.15) is 51.1 Å². The van der Waals surface area contributed by atoms with E-state index in [1.54, 1.807) is 43.3 Å². The number of piperidine rings is 1. The predicted octanol–water partition coefficient (Wildman–Crippen LogP) is 4.40. The third kappa shape index (κ3) is 5.53. The minimum Gasteiger partial charge on any atom is -0.496 e. The summed E-state index contributed by atoms with van der Waals surface area (Å²) in [6, 6.07) is 14.4. The molecule has 2 aromatic rings. The van der Waals surface area contributed by atoms with Gasteiger partial charge in [0.2, 0.25) is 17.7 Å². The topological polar surface area (TPSA) is 79.0 Å². The summed E-state index contributed by atoms with van der Waals surface area (Å²) in [4.78, 5) is 41.3. The number of nitrogens with zero attached hydrogens (tertiary/aromatic N) is 2. The van der Waals surface area contributed by atoms with E-state index in [2.05, 4.69) is 12.2 Å². The second kappa shape index (κ2) is 11.0. The van der Waals surface area contributed by atoms with E-state index >= 15 is 0 Å². The first-order chi connectivity index (χ1) is 15.9. The molecular formula is C26H33N3O4. The van der Waals surface area contributed by atoms with Crippen LogP contribution in [0.3, 0.4) is 0 Å². The quantitative estimate of drug-likeness (QED) is 0.645. The van der Waals surface area contributed by atoms with Crippen molar-refractivity contribution in [2.45, 2.75) is 45.6 Å². The number of anilines is 2. The molecule has 176 valence electrons.